The molecule has 1 aromatic heterocycles. The third kappa shape index (κ3) is 7.80. The number of nitrogens with one attached hydrogen (secondary N) is 3. The van der Waals surface area contributed by atoms with Crippen LogP contribution >= 0.6 is 11.3 Å². The van der Waals surface area contributed by atoms with Crippen LogP contribution in [0.5, 0.6) is 5.75 Å². The highest BCUT2D eigenvalue weighted by molar-refractivity contribution is 7.13. The summed E-state index contributed by atoms with van der Waals surface area (Å²) in [6.07, 6.45) is 2.85. The minimum atomic E-state index is -0.368. The predicted molar refractivity (Wildman–Crippen MR) is 139 cm³/mol. The molecular formula is C26H31N5O3S. The first kappa shape index (κ1) is 24.7. The first-order chi connectivity index (χ1) is 17.1. The highest BCUT2D eigenvalue weighted by Crippen LogP contribution is 2.19. The third-order valence-corrected chi connectivity index (χ3v) is 6.74. The molecule has 4 rings (SSSR count). The lowest BCUT2D eigenvalue weighted by Gasteiger charge is -2.32. The topological polar surface area (TPSA) is 95.6 Å². The van der Waals surface area contributed by atoms with Gasteiger partial charge in [0.1, 0.15) is 5.75 Å². The van der Waals surface area contributed by atoms with Gasteiger partial charge in [0.05, 0.1) is 12.8 Å². The van der Waals surface area contributed by atoms with E-state index in [0.717, 1.165) is 43.9 Å². The molecule has 3 N–H and O–H groups in total. The lowest BCUT2D eigenvalue weighted by molar-refractivity contribution is -0.122. The number of methoxy groups -OCH3 is 1. The molecular weight excluding hydrogens is 462 g/mol. The molecule has 0 unspecified atom stereocenters. The first-order valence-corrected chi connectivity index (χ1v) is 12.7. The van der Waals surface area contributed by atoms with Crippen LogP contribution in [0, 0.1) is 0 Å². The molecule has 1 aliphatic heterocycles. The van der Waals surface area contributed by atoms with Gasteiger partial charge in [0.25, 0.3) is 0 Å². The fourth-order valence-electron chi connectivity index (χ4n) is 4.03. The van der Waals surface area contributed by atoms with Gasteiger partial charge in [0.2, 0.25) is 5.91 Å². The molecule has 1 aliphatic rings. The van der Waals surface area contributed by atoms with Crippen LogP contribution in [0.1, 0.15) is 30.5 Å². The van der Waals surface area contributed by atoms with E-state index in [2.05, 4.69) is 50.1 Å². The van der Waals surface area contributed by atoms with E-state index in [1.54, 1.807) is 31.4 Å². The number of aryl methyl sites for hydroxylation is 1. The van der Waals surface area contributed by atoms with E-state index in [0.29, 0.717) is 23.7 Å². The van der Waals surface area contributed by atoms with Gasteiger partial charge in [0, 0.05) is 43.2 Å². The summed E-state index contributed by atoms with van der Waals surface area (Å²) in [7, 11) is 1.59. The van der Waals surface area contributed by atoms with E-state index in [4.69, 9.17) is 4.74 Å². The number of carbonyl (C=O) groups excluding carboxylic acids is 2. The number of rotatable bonds is 9. The van der Waals surface area contributed by atoms with Crippen molar-refractivity contribution < 1.29 is 14.3 Å². The Labute approximate surface area is 209 Å². The maximum Gasteiger partial charge on any atom is 0.325 e. The van der Waals surface area contributed by atoms with Gasteiger partial charge in [0.15, 0.2) is 5.13 Å². The Morgan fingerprint density at radius 1 is 1.06 bits per heavy atom. The molecule has 35 heavy (non-hydrogen) atoms. The van der Waals surface area contributed by atoms with Crippen LogP contribution in [0.15, 0.2) is 60.0 Å². The quantitative estimate of drug-likeness (QED) is 0.408. The number of carbonyl (C=O) groups is 2. The molecule has 0 bridgehead atoms. The van der Waals surface area contributed by atoms with Crippen molar-refractivity contribution >= 4 is 34.1 Å². The largest absolute Gasteiger partial charge is 0.497 e. The van der Waals surface area contributed by atoms with Gasteiger partial charge in [-0.15, -0.1) is 11.3 Å². The van der Waals surface area contributed by atoms with Crippen LogP contribution < -0.4 is 20.7 Å². The van der Waals surface area contributed by atoms with Gasteiger partial charge in [-0.2, -0.15) is 0 Å². The number of hydrogen-bond acceptors (Lipinski definition) is 6. The number of nitrogens with zero attached hydrogens (tertiary/aromatic N) is 2. The summed E-state index contributed by atoms with van der Waals surface area (Å²) in [6.45, 7) is 2.93. The number of aromatic nitrogens is 1. The first-order valence-electron chi connectivity index (χ1n) is 11.8. The Bertz CT molecular complexity index is 1100. The zero-order valence-corrected chi connectivity index (χ0v) is 20.6. The Kier molecular flexibility index (Phi) is 8.69. The zero-order valence-electron chi connectivity index (χ0n) is 19.8. The molecule has 1 saturated heterocycles. The lowest BCUT2D eigenvalue weighted by atomic mass is 10.0. The lowest BCUT2D eigenvalue weighted by Crippen LogP contribution is -2.44. The van der Waals surface area contributed by atoms with Crippen molar-refractivity contribution in [3.05, 3.63) is 71.2 Å². The van der Waals surface area contributed by atoms with Gasteiger partial charge in [-0.1, -0.05) is 30.3 Å². The number of piperidine rings is 1. The second-order valence-electron chi connectivity index (χ2n) is 8.56. The molecule has 184 valence electrons. The Balaban J connectivity index is 1.14. The summed E-state index contributed by atoms with van der Waals surface area (Å²) in [6, 6.07) is 17.4. The standard InChI is InChI=1S/C26H31N5O3S/c1-34-23-10-7-20(8-11-23)28-25(33)30-26-29-22(18-35-26)9-12-24(32)27-21-13-15-31(16-14-21)17-19-5-3-2-4-6-19/h2-8,10-11,18,21H,9,12-17H2,1H3,(H,27,32)(H2,28,29,30,33). The van der Waals surface area contributed by atoms with Crippen LogP contribution in [0.2, 0.25) is 0 Å². The number of amides is 3. The fourth-order valence-corrected chi connectivity index (χ4v) is 4.77. The molecule has 1 fully saturated rings. The number of ether oxygens (including phenoxy) is 1. The van der Waals surface area contributed by atoms with Crippen LogP contribution in [-0.4, -0.2) is 48.1 Å². The second kappa shape index (κ2) is 12.3. The molecule has 2 heterocycles. The van der Waals surface area contributed by atoms with E-state index < -0.39 is 0 Å². The molecule has 0 atom stereocenters. The average Bonchev–Trinajstić information content (AvgIpc) is 3.32. The maximum absolute atomic E-state index is 12.5. The number of benzene rings is 2. The van der Waals surface area contributed by atoms with Crippen molar-refractivity contribution in [3.8, 4) is 5.75 Å². The molecule has 2 aromatic carbocycles. The highest BCUT2D eigenvalue weighted by atomic mass is 32.1. The van der Waals surface area contributed by atoms with E-state index in [1.165, 1.54) is 16.9 Å². The monoisotopic (exact) mass is 493 g/mol. The molecule has 0 saturated carbocycles. The number of hydrogen-bond donors (Lipinski definition) is 3. The number of thiazole rings is 1. The van der Waals surface area contributed by atoms with Crippen LogP contribution in [0.25, 0.3) is 0 Å². The van der Waals surface area contributed by atoms with E-state index in [9.17, 15) is 9.59 Å². The van der Waals surface area contributed by atoms with Crippen LogP contribution in [0.3, 0.4) is 0 Å². The van der Waals surface area contributed by atoms with Gasteiger partial charge < -0.3 is 15.4 Å². The van der Waals surface area contributed by atoms with Crippen molar-refractivity contribution in [2.24, 2.45) is 0 Å². The van der Waals surface area contributed by atoms with Gasteiger partial charge in [-0.05, 0) is 49.1 Å². The second-order valence-corrected chi connectivity index (χ2v) is 9.41. The van der Waals surface area contributed by atoms with Crippen molar-refractivity contribution in [1.29, 1.82) is 0 Å². The summed E-state index contributed by atoms with van der Waals surface area (Å²) in [5.41, 5.74) is 2.77. The fraction of sp³-hybridized carbons (Fsp3) is 0.346. The normalized spacial score (nSPS) is 14.3. The number of likely N-dealkylation sites (tertiary alicyclic amines) is 1. The van der Waals surface area contributed by atoms with Gasteiger partial charge in [-0.3, -0.25) is 15.0 Å². The molecule has 0 spiro atoms. The Hall–Kier alpha value is -3.43. The number of anilines is 2. The molecule has 0 radical (unpaired) electrons. The van der Waals surface area contributed by atoms with Crippen molar-refractivity contribution in [2.75, 3.05) is 30.8 Å². The summed E-state index contributed by atoms with van der Waals surface area (Å²) in [5, 5.41) is 11.0. The summed E-state index contributed by atoms with van der Waals surface area (Å²) >= 11 is 1.34. The smallest absolute Gasteiger partial charge is 0.325 e. The molecule has 3 amide bonds. The maximum atomic E-state index is 12.5. The van der Waals surface area contributed by atoms with Crippen molar-refractivity contribution in [1.82, 2.24) is 15.2 Å². The van der Waals surface area contributed by atoms with E-state index >= 15 is 0 Å². The average molecular weight is 494 g/mol. The molecule has 9 heteroatoms. The van der Waals surface area contributed by atoms with E-state index in [1.807, 2.05) is 11.4 Å². The molecule has 3 aromatic rings. The van der Waals surface area contributed by atoms with Crippen LogP contribution in [-0.2, 0) is 17.8 Å². The minimum Gasteiger partial charge on any atom is -0.497 e. The summed E-state index contributed by atoms with van der Waals surface area (Å²) in [4.78, 5) is 31.5. The number of urea groups is 1. The minimum absolute atomic E-state index is 0.0475. The SMILES string of the molecule is COc1ccc(NC(=O)Nc2nc(CCC(=O)NC3CCN(Cc4ccccc4)CC3)cs2)cc1. The zero-order chi connectivity index (χ0) is 24.5. The highest BCUT2D eigenvalue weighted by Gasteiger charge is 2.20. The van der Waals surface area contributed by atoms with Gasteiger partial charge >= 0.3 is 6.03 Å². The van der Waals surface area contributed by atoms with Gasteiger partial charge in [-0.25, -0.2) is 9.78 Å². The molecule has 8 nitrogen and oxygen atoms in total. The van der Waals surface area contributed by atoms with Crippen LogP contribution in [0.4, 0.5) is 15.6 Å². The molecule has 0 aliphatic carbocycles. The summed E-state index contributed by atoms with van der Waals surface area (Å²) in [5.74, 6) is 0.768. The predicted octanol–water partition coefficient (Wildman–Crippen LogP) is 4.51. The summed E-state index contributed by atoms with van der Waals surface area (Å²) < 4.78 is 5.11. The van der Waals surface area contributed by atoms with E-state index in [-0.39, 0.29) is 18.0 Å². The Morgan fingerprint density at radius 3 is 2.51 bits per heavy atom. The van der Waals surface area contributed by atoms with Crippen molar-refractivity contribution in [3.63, 3.8) is 0 Å². The Morgan fingerprint density at radius 2 is 1.80 bits per heavy atom. The third-order valence-electron chi connectivity index (χ3n) is 5.93. The van der Waals surface area contributed by atoms with Crippen molar-refractivity contribution in [2.45, 2.75) is 38.3 Å².